The maximum Gasteiger partial charge on any atom is 0.417 e. The second-order valence-electron chi connectivity index (χ2n) is 7.12. The molecule has 2 saturated heterocycles. The number of amides is 2. The number of carbonyl (C=O) groups is 2. The summed E-state index contributed by atoms with van der Waals surface area (Å²) in [7, 11) is 0. The molecule has 0 spiro atoms. The molecule has 28 heavy (non-hydrogen) atoms. The number of rotatable bonds is 2. The van der Waals surface area contributed by atoms with Gasteiger partial charge >= 0.3 is 6.18 Å². The van der Waals surface area contributed by atoms with Crippen molar-refractivity contribution in [3.8, 4) is 0 Å². The summed E-state index contributed by atoms with van der Waals surface area (Å²) in [5.41, 5.74) is -0.882. The van der Waals surface area contributed by atoms with E-state index in [-0.39, 0.29) is 22.8 Å². The van der Waals surface area contributed by atoms with Crippen molar-refractivity contribution in [3.63, 3.8) is 0 Å². The Morgan fingerprint density at radius 2 is 1.68 bits per heavy atom. The van der Waals surface area contributed by atoms with Crippen molar-refractivity contribution >= 4 is 29.2 Å². The van der Waals surface area contributed by atoms with Crippen molar-refractivity contribution in [2.45, 2.75) is 25.9 Å². The number of piperazine rings is 1. The van der Waals surface area contributed by atoms with E-state index >= 15 is 0 Å². The fourth-order valence-corrected chi connectivity index (χ4v) is 3.94. The number of likely N-dealkylation sites (tertiary alicyclic amines) is 1. The van der Waals surface area contributed by atoms with Crippen LogP contribution in [0.3, 0.4) is 0 Å². The van der Waals surface area contributed by atoms with E-state index in [0.717, 1.165) is 12.3 Å². The van der Waals surface area contributed by atoms with E-state index in [0.29, 0.717) is 57.9 Å². The van der Waals surface area contributed by atoms with Gasteiger partial charge in [0.15, 0.2) is 0 Å². The molecule has 2 fully saturated rings. The third kappa shape index (κ3) is 4.51. The number of aromatic nitrogens is 1. The zero-order chi connectivity index (χ0) is 20.5. The Kier molecular flexibility index (Phi) is 6.02. The number of halogens is 4. The maximum atomic E-state index is 12.7. The molecule has 2 aliphatic heterocycles. The molecule has 154 valence electrons. The number of anilines is 1. The summed E-state index contributed by atoms with van der Waals surface area (Å²) in [6, 6.07) is 0.879. The van der Waals surface area contributed by atoms with E-state index in [1.54, 1.807) is 14.7 Å². The van der Waals surface area contributed by atoms with Crippen LogP contribution < -0.4 is 4.90 Å². The molecule has 1 aromatic rings. The third-order valence-electron chi connectivity index (χ3n) is 5.33. The average Bonchev–Trinajstić information content (AvgIpc) is 2.67. The molecule has 0 radical (unpaired) electrons. The second-order valence-corrected chi connectivity index (χ2v) is 7.53. The standard InChI is InChI=1S/C18H22ClF3N4O2/c1-12(27)24-4-2-13(3-5-24)17(28)26-8-6-25(7-9-26)16-15(19)10-14(11-23-16)18(20,21)22/h10-11,13H,2-9H2,1H3. The van der Waals surface area contributed by atoms with Crippen LogP contribution in [0.15, 0.2) is 12.3 Å². The maximum absolute atomic E-state index is 12.7. The van der Waals surface area contributed by atoms with E-state index in [9.17, 15) is 22.8 Å². The number of piperidine rings is 1. The van der Waals surface area contributed by atoms with E-state index in [1.165, 1.54) is 6.92 Å². The van der Waals surface area contributed by atoms with Gasteiger partial charge in [0.1, 0.15) is 5.82 Å². The minimum absolute atomic E-state index is 0.0282. The Labute approximate surface area is 166 Å². The molecule has 0 unspecified atom stereocenters. The molecule has 6 nitrogen and oxygen atoms in total. The lowest BCUT2D eigenvalue weighted by molar-refractivity contribution is -0.140. The molecule has 3 rings (SSSR count). The topological polar surface area (TPSA) is 56.8 Å². The van der Waals surface area contributed by atoms with Crippen molar-refractivity contribution in [1.29, 1.82) is 0 Å². The molecule has 2 aliphatic rings. The van der Waals surface area contributed by atoms with Crippen LogP contribution in [-0.2, 0) is 15.8 Å². The van der Waals surface area contributed by atoms with Crippen LogP contribution in [0.5, 0.6) is 0 Å². The van der Waals surface area contributed by atoms with Crippen LogP contribution in [-0.4, -0.2) is 65.9 Å². The molecule has 3 heterocycles. The fourth-order valence-electron chi connectivity index (χ4n) is 3.66. The molecule has 0 bridgehead atoms. The Balaban J connectivity index is 1.56. The lowest BCUT2D eigenvalue weighted by atomic mass is 9.95. The van der Waals surface area contributed by atoms with Gasteiger partial charge in [-0.05, 0) is 18.9 Å². The first-order valence-electron chi connectivity index (χ1n) is 9.19. The van der Waals surface area contributed by atoms with Crippen molar-refractivity contribution in [3.05, 3.63) is 22.8 Å². The molecular weight excluding hydrogens is 397 g/mol. The van der Waals surface area contributed by atoms with Gasteiger partial charge < -0.3 is 14.7 Å². The monoisotopic (exact) mass is 418 g/mol. The molecule has 0 atom stereocenters. The van der Waals surface area contributed by atoms with Crippen LogP contribution >= 0.6 is 11.6 Å². The summed E-state index contributed by atoms with van der Waals surface area (Å²) in [4.78, 5) is 33.3. The largest absolute Gasteiger partial charge is 0.417 e. The molecule has 2 amide bonds. The highest BCUT2D eigenvalue weighted by molar-refractivity contribution is 6.33. The van der Waals surface area contributed by atoms with E-state index in [1.807, 2.05) is 0 Å². The molecule has 0 aromatic carbocycles. The van der Waals surface area contributed by atoms with Gasteiger partial charge in [-0.2, -0.15) is 13.2 Å². The molecule has 1 aromatic heterocycles. The van der Waals surface area contributed by atoms with Gasteiger partial charge in [0.25, 0.3) is 0 Å². The summed E-state index contributed by atoms with van der Waals surface area (Å²) in [6.45, 7) is 4.55. The smallest absolute Gasteiger partial charge is 0.352 e. The number of hydrogen-bond acceptors (Lipinski definition) is 4. The van der Waals surface area contributed by atoms with Gasteiger partial charge in [0.05, 0.1) is 10.6 Å². The van der Waals surface area contributed by atoms with Crippen LogP contribution in [0.1, 0.15) is 25.3 Å². The molecular formula is C18H22ClF3N4O2. The Morgan fingerprint density at radius 3 is 2.18 bits per heavy atom. The van der Waals surface area contributed by atoms with Gasteiger partial charge in [0.2, 0.25) is 11.8 Å². The van der Waals surface area contributed by atoms with E-state index in [2.05, 4.69) is 4.98 Å². The van der Waals surface area contributed by atoms with Crippen LogP contribution in [0.25, 0.3) is 0 Å². The quantitative estimate of drug-likeness (QED) is 0.741. The summed E-state index contributed by atoms with van der Waals surface area (Å²) in [6.07, 6.45) is -2.39. The zero-order valence-corrected chi connectivity index (χ0v) is 16.3. The number of nitrogens with zero attached hydrogens (tertiary/aromatic N) is 4. The highest BCUT2D eigenvalue weighted by Gasteiger charge is 2.34. The average molecular weight is 419 g/mol. The Morgan fingerprint density at radius 1 is 1.07 bits per heavy atom. The SMILES string of the molecule is CC(=O)N1CCC(C(=O)N2CCN(c3ncc(C(F)(F)F)cc3Cl)CC2)CC1. The van der Waals surface area contributed by atoms with Gasteiger partial charge in [-0.25, -0.2) is 4.98 Å². The summed E-state index contributed by atoms with van der Waals surface area (Å²) in [5.74, 6) is 0.321. The first-order chi connectivity index (χ1) is 13.2. The summed E-state index contributed by atoms with van der Waals surface area (Å²) in [5, 5.41) is -0.0498. The van der Waals surface area contributed by atoms with Crippen molar-refractivity contribution in [2.24, 2.45) is 5.92 Å². The lowest BCUT2D eigenvalue weighted by Crippen LogP contribution is -2.52. The Bertz CT molecular complexity index is 743. The molecule has 10 heteroatoms. The van der Waals surface area contributed by atoms with E-state index < -0.39 is 11.7 Å². The predicted octanol–water partition coefficient (Wildman–Crippen LogP) is 2.66. The van der Waals surface area contributed by atoms with Crippen molar-refractivity contribution in [1.82, 2.24) is 14.8 Å². The minimum Gasteiger partial charge on any atom is -0.352 e. The number of pyridine rings is 1. The number of hydrogen-bond donors (Lipinski definition) is 0. The molecule has 0 N–H and O–H groups in total. The molecule has 0 saturated carbocycles. The minimum atomic E-state index is -4.49. The first-order valence-corrected chi connectivity index (χ1v) is 9.56. The fraction of sp³-hybridized carbons (Fsp3) is 0.611. The first kappa shape index (κ1) is 20.7. The highest BCUT2D eigenvalue weighted by Crippen LogP contribution is 2.33. The number of carbonyl (C=O) groups excluding carboxylic acids is 2. The van der Waals surface area contributed by atoms with Crippen LogP contribution in [0.4, 0.5) is 19.0 Å². The van der Waals surface area contributed by atoms with Crippen molar-refractivity contribution < 1.29 is 22.8 Å². The third-order valence-corrected chi connectivity index (χ3v) is 5.61. The normalized spacial score (nSPS) is 19.1. The van der Waals surface area contributed by atoms with Crippen molar-refractivity contribution in [2.75, 3.05) is 44.2 Å². The van der Waals surface area contributed by atoms with Gasteiger partial charge in [-0.1, -0.05) is 11.6 Å². The van der Waals surface area contributed by atoms with Crippen LogP contribution in [0.2, 0.25) is 5.02 Å². The van der Waals surface area contributed by atoms with E-state index in [4.69, 9.17) is 11.6 Å². The second kappa shape index (κ2) is 8.14. The summed E-state index contributed by atoms with van der Waals surface area (Å²) < 4.78 is 38.2. The lowest BCUT2D eigenvalue weighted by Gasteiger charge is -2.39. The summed E-state index contributed by atoms with van der Waals surface area (Å²) >= 11 is 6.01. The highest BCUT2D eigenvalue weighted by atomic mass is 35.5. The Hall–Kier alpha value is -2.03. The predicted molar refractivity (Wildman–Crippen MR) is 98.0 cm³/mol. The molecule has 0 aliphatic carbocycles. The zero-order valence-electron chi connectivity index (χ0n) is 15.5. The number of alkyl halides is 3. The van der Waals surface area contributed by atoms with Gasteiger partial charge in [0, 0.05) is 58.3 Å². The van der Waals surface area contributed by atoms with Crippen LogP contribution in [0, 0.1) is 5.92 Å². The van der Waals surface area contributed by atoms with Gasteiger partial charge in [-0.3, -0.25) is 9.59 Å². The van der Waals surface area contributed by atoms with Gasteiger partial charge in [-0.15, -0.1) is 0 Å².